The van der Waals surface area contributed by atoms with Gasteiger partial charge in [-0.3, -0.25) is 14.4 Å². The van der Waals surface area contributed by atoms with Crippen molar-refractivity contribution in [1.82, 2.24) is 0 Å². The summed E-state index contributed by atoms with van der Waals surface area (Å²) in [4.78, 5) is 37.5. The summed E-state index contributed by atoms with van der Waals surface area (Å²) in [6.45, 7) is -0.0526. The molecule has 0 saturated heterocycles. The number of primary amides is 1. The van der Waals surface area contributed by atoms with E-state index in [4.69, 9.17) is 23.1 Å². The predicted molar refractivity (Wildman–Crippen MR) is 103 cm³/mol. The van der Waals surface area contributed by atoms with Crippen molar-refractivity contribution in [2.75, 3.05) is 0 Å². The van der Waals surface area contributed by atoms with Crippen LogP contribution in [0.3, 0.4) is 0 Å². The number of aliphatic hydroxyl groups excluding tert-OH is 2. The Morgan fingerprint density at radius 3 is 2.52 bits per heavy atom. The van der Waals surface area contributed by atoms with E-state index in [0.29, 0.717) is 11.1 Å². The van der Waals surface area contributed by atoms with Gasteiger partial charge in [-0.2, -0.15) is 0 Å². The summed E-state index contributed by atoms with van der Waals surface area (Å²) in [6, 6.07) is 1.47. The molecule has 7 N–H and O–H groups in total. The molecule has 4 rings (SSSR count). The molecule has 0 saturated carbocycles. The van der Waals surface area contributed by atoms with Crippen LogP contribution >= 0.6 is 11.6 Å². The highest BCUT2D eigenvalue weighted by molar-refractivity contribution is 6.34. The lowest BCUT2D eigenvalue weighted by molar-refractivity contribution is -0.125. The fourth-order valence-corrected chi connectivity index (χ4v) is 4.69. The lowest BCUT2D eigenvalue weighted by Gasteiger charge is -2.37. The number of phenolic OH excluding ortho intramolecular Hbond substituents is 1. The van der Waals surface area contributed by atoms with Crippen LogP contribution in [-0.2, 0) is 16.1 Å². The van der Waals surface area contributed by atoms with Gasteiger partial charge in [-0.25, -0.2) is 0 Å². The van der Waals surface area contributed by atoms with E-state index < -0.39 is 46.4 Å². The molecule has 8 nitrogen and oxygen atoms in total. The summed E-state index contributed by atoms with van der Waals surface area (Å²) in [7, 11) is 0. The number of phenols is 1. The smallest absolute Gasteiger partial charge is 0.255 e. The van der Waals surface area contributed by atoms with Crippen LogP contribution in [0.4, 0.5) is 0 Å². The topological polar surface area (TPSA) is 164 Å². The van der Waals surface area contributed by atoms with E-state index in [0.717, 1.165) is 0 Å². The van der Waals surface area contributed by atoms with Crippen molar-refractivity contribution in [1.29, 1.82) is 0 Å². The van der Waals surface area contributed by atoms with Crippen LogP contribution in [0.5, 0.6) is 5.75 Å². The van der Waals surface area contributed by atoms with E-state index in [-0.39, 0.29) is 46.9 Å². The van der Waals surface area contributed by atoms with Gasteiger partial charge >= 0.3 is 0 Å². The number of nitrogens with two attached hydrogens (primary N) is 2. The summed E-state index contributed by atoms with van der Waals surface area (Å²) in [5.74, 6) is -5.60. The maximum Gasteiger partial charge on any atom is 0.255 e. The molecule has 0 fully saturated rings. The zero-order chi connectivity index (χ0) is 21.2. The number of allylic oxidation sites excluding steroid dienone is 4. The molecule has 150 valence electrons. The van der Waals surface area contributed by atoms with Gasteiger partial charge in [0.2, 0.25) is 5.78 Å². The number of halogens is 1. The van der Waals surface area contributed by atoms with Crippen molar-refractivity contribution in [3.05, 3.63) is 56.0 Å². The van der Waals surface area contributed by atoms with Crippen LogP contribution in [0, 0.1) is 11.8 Å². The molecule has 1 amide bonds. The van der Waals surface area contributed by atoms with Crippen LogP contribution in [0.25, 0.3) is 6.08 Å². The quantitative estimate of drug-likeness (QED) is 0.458. The molecule has 0 bridgehead atoms. The SMILES string of the molecule is NCc1cc(Cl)c2c(c1O)C(=O)C1=C(O)C3C(=O)C(C(N)=O)=C(O)CC3CC1=C2. The Morgan fingerprint density at radius 1 is 1.21 bits per heavy atom. The summed E-state index contributed by atoms with van der Waals surface area (Å²) >= 11 is 6.27. The Bertz CT molecular complexity index is 1110. The second-order valence-electron chi connectivity index (χ2n) is 7.31. The van der Waals surface area contributed by atoms with Gasteiger partial charge in [0.25, 0.3) is 5.91 Å². The maximum atomic E-state index is 13.2. The first kappa shape index (κ1) is 19.2. The molecule has 3 aliphatic carbocycles. The maximum absolute atomic E-state index is 13.2. The standard InChI is InChI=1S/C20H17ClN2O6/c21-10-3-8(5-22)16(25)14-9(10)2-6-1-7-4-11(24)15(20(23)29)19(28)13(7)17(26)12(6)18(14)27/h2-3,7,13,24-26H,1,4-5,22H2,(H2,23,29). The summed E-state index contributed by atoms with van der Waals surface area (Å²) in [5, 5.41) is 31.6. The number of aliphatic hydroxyl groups is 2. The van der Waals surface area contributed by atoms with Crippen LogP contribution in [0.1, 0.15) is 34.3 Å². The van der Waals surface area contributed by atoms with Crippen molar-refractivity contribution >= 4 is 35.2 Å². The number of carbonyl (C=O) groups excluding carboxylic acids is 3. The van der Waals surface area contributed by atoms with Gasteiger partial charge in [0.15, 0.2) is 5.78 Å². The zero-order valence-corrected chi connectivity index (χ0v) is 15.8. The van der Waals surface area contributed by atoms with E-state index in [9.17, 15) is 29.7 Å². The molecule has 0 spiro atoms. The van der Waals surface area contributed by atoms with Gasteiger partial charge in [0.1, 0.15) is 22.8 Å². The van der Waals surface area contributed by atoms with Crippen molar-refractivity contribution in [2.45, 2.75) is 19.4 Å². The van der Waals surface area contributed by atoms with Crippen molar-refractivity contribution < 1.29 is 29.7 Å². The van der Waals surface area contributed by atoms with Gasteiger partial charge in [-0.05, 0) is 30.1 Å². The highest BCUT2D eigenvalue weighted by Crippen LogP contribution is 2.49. The third kappa shape index (κ3) is 2.60. The third-order valence-electron chi connectivity index (χ3n) is 5.71. The number of aromatic hydroxyl groups is 1. The van der Waals surface area contributed by atoms with E-state index in [1.165, 1.54) is 6.07 Å². The number of Topliss-reactive ketones (excluding diaryl/α,β-unsaturated/α-hetero) is 2. The molecule has 29 heavy (non-hydrogen) atoms. The van der Waals surface area contributed by atoms with Crippen LogP contribution in [0.15, 0.2) is 34.3 Å². The van der Waals surface area contributed by atoms with E-state index in [2.05, 4.69) is 0 Å². The first-order chi connectivity index (χ1) is 13.7. The third-order valence-corrected chi connectivity index (χ3v) is 6.02. The normalized spacial score (nSPS) is 23.4. The Kier molecular flexibility index (Phi) is 4.29. The summed E-state index contributed by atoms with van der Waals surface area (Å²) < 4.78 is 0. The highest BCUT2D eigenvalue weighted by atomic mass is 35.5. The number of rotatable bonds is 2. The Morgan fingerprint density at radius 2 is 1.90 bits per heavy atom. The second-order valence-corrected chi connectivity index (χ2v) is 7.72. The van der Waals surface area contributed by atoms with Gasteiger partial charge in [0.05, 0.1) is 17.1 Å². The number of ketones is 2. The fourth-order valence-electron chi connectivity index (χ4n) is 4.41. The minimum absolute atomic E-state index is 0.0461. The lowest BCUT2D eigenvalue weighted by atomic mass is 9.66. The number of hydrogen-bond acceptors (Lipinski definition) is 7. The highest BCUT2D eigenvalue weighted by Gasteiger charge is 2.48. The zero-order valence-electron chi connectivity index (χ0n) is 15.0. The van der Waals surface area contributed by atoms with Gasteiger partial charge in [-0.1, -0.05) is 11.6 Å². The molecule has 0 aliphatic heterocycles. The molecule has 0 heterocycles. The molecule has 9 heteroatoms. The largest absolute Gasteiger partial charge is 0.511 e. The van der Waals surface area contributed by atoms with Gasteiger partial charge in [0, 0.05) is 29.1 Å². The number of benzene rings is 1. The van der Waals surface area contributed by atoms with E-state index in [1.807, 2.05) is 0 Å². The molecule has 1 aromatic carbocycles. The average Bonchev–Trinajstić information content (AvgIpc) is 2.63. The molecular weight excluding hydrogens is 400 g/mol. The number of carbonyl (C=O) groups is 3. The molecule has 0 radical (unpaired) electrons. The first-order valence-corrected chi connectivity index (χ1v) is 9.24. The van der Waals surface area contributed by atoms with Crippen LogP contribution in [0.2, 0.25) is 5.02 Å². The number of amides is 1. The second kappa shape index (κ2) is 6.47. The van der Waals surface area contributed by atoms with Crippen molar-refractivity contribution in [2.24, 2.45) is 23.3 Å². The minimum atomic E-state index is -1.18. The Balaban J connectivity index is 1.92. The van der Waals surface area contributed by atoms with Gasteiger partial charge in [-0.15, -0.1) is 0 Å². The van der Waals surface area contributed by atoms with Crippen LogP contribution in [-0.4, -0.2) is 32.8 Å². The Hall–Kier alpha value is -3.10. The summed E-state index contributed by atoms with van der Waals surface area (Å²) in [5.41, 5.74) is 11.0. The molecule has 2 unspecified atom stereocenters. The molecule has 0 aromatic heterocycles. The summed E-state index contributed by atoms with van der Waals surface area (Å²) in [6.07, 6.45) is 1.72. The number of fused-ring (bicyclic) bond motifs is 3. The molecular formula is C20H17ClN2O6. The number of hydrogen-bond donors (Lipinski definition) is 5. The fraction of sp³-hybridized carbons (Fsp3) is 0.250. The average molecular weight is 417 g/mol. The van der Waals surface area contributed by atoms with Crippen molar-refractivity contribution in [3.8, 4) is 5.75 Å². The van der Waals surface area contributed by atoms with Crippen LogP contribution < -0.4 is 11.5 Å². The predicted octanol–water partition coefficient (Wildman–Crippen LogP) is 1.80. The molecule has 3 aliphatic rings. The molecule has 2 atom stereocenters. The van der Waals surface area contributed by atoms with Crippen molar-refractivity contribution in [3.63, 3.8) is 0 Å². The Labute approximate surface area is 169 Å². The van der Waals surface area contributed by atoms with Gasteiger partial charge < -0.3 is 26.8 Å². The molecule has 1 aromatic rings. The minimum Gasteiger partial charge on any atom is -0.511 e. The lowest BCUT2D eigenvalue weighted by Crippen LogP contribution is -2.40. The van der Waals surface area contributed by atoms with E-state index in [1.54, 1.807) is 6.08 Å². The van der Waals surface area contributed by atoms with E-state index >= 15 is 0 Å². The monoisotopic (exact) mass is 416 g/mol. The first-order valence-electron chi connectivity index (χ1n) is 8.86.